The lowest BCUT2D eigenvalue weighted by molar-refractivity contribution is -0.141. The van der Waals surface area contributed by atoms with E-state index in [0.717, 1.165) is 17.9 Å². The summed E-state index contributed by atoms with van der Waals surface area (Å²) in [5, 5.41) is 0. The molecule has 0 aliphatic carbocycles. The fourth-order valence-corrected chi connectivity index (χ4v) is 1.98. The number of hydrogen-bond acceptors (Lipinski definition) is 4. The van der Waals surface area contributed by atoms with Crippen molar-refractivity contribution in [3.8, 4) is 0 Å². The molecule has 0 spiro atoms. The first-order valence-electron chi connectivity index (χ1n) is 3.60. The molecule has 0 radical (unpaired) electrons. The van der Waals surface area contributed by atoms with E-state index in [0.29, 0.717) is 6.42 Å². The molecule has 0 aromatic rings. The Bertz CT molecular complexity index is 157. The molecule has 1 heterocycles. The number of esters is 1. The van der Waals surface area contributed by atoms with E-state index >= 15 is 0 Å². The third-order valence-corrected chi connectivity index (χ3v) is 3.39. The van der Waals surface area contributed by atoms with Gasteiger partial charge in [0.2, 0.25) is 0 Å². The van der Waals surface area contributed by atoms with E-state index < -0.39 is 0 Å². The third-order valence-electron chi connectivity index (χ3n) is 1.83. The first kappa shape index (κ1) is 8.87. The Hall–Kier alpha value is -0.220. The molecule has 0 saturated carbocycles. The van der Waals surface area contributed by atoms with Gasteiger partial charge >= 0.3 is 5.97 Å². The van der Waals surface area contributed by atoms with Crippen LogP contribution >= 0.6 is 11.8 Å². The van der Waals surface area contributed by atoms with E-state index in [1.165, 1.54) is 7.11 Å². The van der Waals surface area contributed by atoms with Crippen molar-refractivity contribution in [3.05, 3.63) is 0 Å². The molecular weight excluding hydrogens is 162 g/mol. The average molecular weight is 175 g/mol. The lowest BCUT2D eigenvalue weighted by Gasteiger charge is -2.37. The Morgan fingerprint density at radius 2 is 2.36 bits per heavy atom. The van der Waals surface area contributed by atoms with Gasteiger partial charge in [0.1, 0.15) is 0 Å². The number of carbonyl (C=O) groups is 1. The normalized spacial score (nSPS) is 20.5. The van der Waals surface area contributed by atoms with Crippen LogP contribution in [-0.2, 0) is 9.53 Å². The van der Waals surface area contributed by atoms with Crippen LogP contribution < -0.4 is 5.73 Å². The van der Waals surface area contributed by atoms with Gasteiger partial charge in [0.25, 0.3) is 0 Å². The first-order chi connectivity index (χ1) is 5.16. The second-order valence-corrected chi connectivity index (χ2v) is 3.92. The average Bonchev–Trinajstić information content (AvgIpc) is 1.96. The van der Waals surface area contributed by atoms with Crippen molar-refractivity contribution < 1.29 is 9.53 Å². The highest BCUT2D eigenvalue weighted by molar-refractivity contribution is 8.00. The van der Waals surface area contributed by atoms with E-state index in [9.17, 15) is 4.79 Å². The largest absolute Gasteiger partial charge is 0.469 e. The van der Waals surface area contributed by atoms with Gasteiger partial charge in [0.05, 0.1) is 7.11 Å². The van der Waals surface area contributed by atoms with Crippen LogP contribution in [0.2, 0.25) is 0 Å². The minimum absolute atomic E-state index is 0.0845. The zero-order valence-electron chi connectivity index (χ0n) is 6.63. The van der Waals surface area contributed by atoms with Crippen LogP contribution in [0.25, 0.3) is 0 Å². The molecule has 0 atom stereocenters. The summed E-state index contributed by atoms with van der Waals surface area (Å²) in [6.07, 6.45) is 1.21. The molecule has 1 aliphatic rings. The predicted molar refractivity (Wildman–Crippen MR) is 45.5 cm³/mol. The van der Waals surface area contributed by atoms with E-state index in [-0.39, 0.29) is 11.5 Å². The monoisotopic (exact) mass is 175 g/mol. The summed E-state index contributed by atoms with van der Waals surface area (Å²) in [5.74, 6) is 1.79. The number of rotatable bonds is 3. The summed E-state index contributed by atoms with van der Waals surface area (Å²) in [6, 6.07) is 0. The Labute approximate surface area is 70.7 Å². The molecule has 1 saturated heterocycles. The summed E-state index contributed by atoms with van der Waals surface area (Å²) in [5.41, 5.74) is 5.79. The van der Waals surface area contributed by atoms with Crippen LogP contribution in [-0.4, -0.2) is 30.1 Å². The van der Waals surface area contributed by atoms with Crippen molar-refractivity contribution in [2.45, 2.75) is 18.4 Å². The number of methoxy groups -OCH3 is 1. The van der Waals surface area contributed by atoms with Gasteiger partial charge in [-0.05, 0) is 6.42 Å². The highest BCUT2D eigenvalue weighted by atomic mass is 32.2. The van der Waals surface area contributed by atoms with Gasteiger partial charge in [-0.15, -0.1) is 0 Å². The number of nitrogens with two attached hydrogens (primary N) is 1. The van der Waals surface area contributed by atoms with Gasteiger partial charge in [-0.25, -0.2) is 0 Å². The zero-order chi connectivity index (χ0) is 8.32. The maximum absolute atomic E-state index is 10.7. The third kappa shape index (κ3) is 2.38. The molecule has 4 heteroatoms. The molecule has 0 aromatic carbocycles. The second kappa shape index (κ2) is 3.45. The number of carbonyl (C=O) groups excluding carboxylic acids is 1. The molecule has 1 rings (SSSR count). The molecule has 0 unspecified atom stereocenters. The van der Waals surface area contributed by atoms with E-state index in [4.69, 9.17) is 5.73 Å². The lowest BCUT2D eigenvalue weighted by atomic mass is 9.99. The van der Waals surface area contributed by atoms with Gasteiger partial charge in [-0.3, -0.25) is 4.79 Å². The summed E-state index contributed by atoms with van der Waals surface area (Å²) >= 11 is 1.83. The molecule has 1 fully saturated rings. The van der Waals surface area contributed by atoms with Crippen LogP contribution in [0.15, 0.2) is 0 Å². The highest BCUT2D eigenvalue weighted by Gasteiger charge is 2.33. The predicted octanol–water partition coefficient (Wildman–Crippen LogP) is 0.384. The summed E-state index contributed by atoms with van der Waals surface area (Å²) in [6.45, 7) is 0. The molecular formula is C7H13NO2S. The molecule has 0 bridgehead atoms. The van der Waals surface area contributed by atoms with E-state index in [1.807, 2.05) is 11.8 Å². The topological polar surface area (TPSA) is 52.3 Å². The highest BCUT2D eigenvalue weighted by Crippen LogP contribution is 2.30. The minimum atomic E-state index is -0.160. The Kier molecular flexibility index (Phi) is 2.78. The van der Waals surface area contributed by atoms with Crippen molar-refractivity contribution in [2.75, 3.05) is 18.6 Å². The smallest absolute Gasteiger partial charge is 0.305 e. The van der Waals surface area contributed by atoms with Gasteiger partial charge in [-0.1, -0.05) is 0 Å². The zero-order valence-corrected chi connectivity index (χ0v) is 7.45. The van der Waals surface area contributed by atoms with Gasteiger partial charge in [0, 0.05) is 23.5 Å². The Morgan fingerprint density at radius 1 is 1.73 bits per heavy atom. The fraction of sp³-hybridized carbons (Fsp3) is 0.857. The maximum Gasteiger partial charge on any atom is 0.305 e. The van der Waals surface area contributed by atoms with Gasteiger partial charge in [0.15, 0.2) is 0 Å². The van der Waals surface area contributed by atoms with Crippen LogP contribution in [0.4, 0.5) is 0 Å². The Balaban J connectivity index is 2.16. The summed E-state index contributed by atoms with van der Waals surface area (Å²) < 4.78 is 4.51. The first-order valence-corrected chi connectivity index (χ1v) is 4.75. The van der Waals surface area contributed by atoms with Crippen molar-refractivity contribution >= 4 is 17.7 Å². The van der Waals surface area contributed by atoms with Crippen LogP contribution in [0.1, 0.15) is 12.8 Å². The number of hydrogen-bond donors (Lipinski definition) is 1. The molecule has 11 heavy (non-hydrogen) atoms. The van der Waals surface area contributed by atoms with Crippen LogP contribution in [0, 0.1) is 0 Å². The summed E-state index contributed by atoms with van der Waals surface area (Å²) in [4.78, 5) is 10.7. The number of thioether (sulfide) groups is 1. The van der Waals surface area contributed by atoms with Crippen molar-refractivity contribution in [1.29, 1.82) is 0 Å². The van der Waals surface area contributed by atoms with Crippen molar-refractivity contribution in [1.82, 2.24) is 0 Å². The van der Waals surface area contributed by atoms with Crippen molar-refractivity contribution in [2.24, 2.45) is 5.73 Å². The lowest BCUT2D eigenvalue weighted by Crippen LogP contribution is -2.52. The van der Waals surface area contributed by atoms with Gasteiger partial charge in [-0.2, -0.15) is 11.8 Å². The fourth-order valence-electron chi connectivity index (χ4n) is 0.962. The molecule has 0 aromatic heterocycles. The van der Waals surface area contributed by atoms with Crippen molar-refractivity contribution in [3.63, 3.8) is 0 Å². The van der Waals surface area contributed by atoms with E-state index in [1.54, 1.807) is 0 Å². The molecule has 64 valence electrons. The molecule has 3 nitrogen and oxygen atoms in total. The molecule has 1 aliphatic heterocycles. The number of ether oxygens (including phenoxy) is 1. The van der Waals surface area contributed by atoms with Crippen LogP contribution in [0.3, 0.4) is 0 Å². The van der Waals surface area contributed by atoms with Gasteiger partial charge < -0.3 is 10.5 Å². The van der Waals surface area contributed by atoms with Crippen LogP contribution in [0.5, 0.6) is 0 Å². The summed E-state index contributed by atoms with van der Waals surface area (Å²) in [7, 11) is 1.40. The van der Waals surface area contributed by atoms with E-state index in [2.05, 4.69) is 4.74 Å². The second-order valence-electron chi connectivity index (χ2n) is 2.93. The molecule has 2 N–H and O–H groups in total. The maximum atomic E-state index is 10.7. The SMILES string of the molecule is COC(=O)CCC1(N)CSC1. The Morgan fingerprint density at radius 3 is 2.73 bits per heavy atom. The minimum Gasteiger partial charge on any atom is -0.469 e. The quantitative estimate of drug-likeness (QED) is 0.630. The standard InChI is InChI=1S/C7H13NO2S/c1-10-6(9)2-3-7(8)4-11-5-7/h2-5,8H2,1H3. The molecule has 0 amide bonds.